The normalized spacial score (nSPS) is 11.1. The summed E-state index contributed by atoms with van der Waals surface area (Å²) in [4.78, 5) is 11.1. The van der Waals surface area contributed by atoms with E-state index in [4.69, 9.17) is 14.6 Å². The van der Waals surface area contributed by atoms with Gasteiger partial charge in [0.05, 0.1) is 30.7 Å². The van der Waals surface area contributed by atoms with E-state index in [1.54, 1.807) is 6.92 Å². The fourth-order valence-corrected chi connectivity index (χ4v) is 2.40. The minimum Gasteiger partial charge on any atom is -0.497 e. The molecule has 0 aromatic heterocycles. The fraction of sp³-hybridized carbons (Fsp3) is 0.417. The summed E-state index contributed by atoms with van der Waals surface area (Å²) in [5.74, 6) is -1.12. The molecule has 0 aliphatic carbocycles. The molecule has 0 saturated heterocycles. The Morgan fingerprint density at radius 1 is 1.40 bits per heavy atom. The lowest BCUT2D eigenvalue weighted by Crippen LogP contribution is -2.21. The van der Waals surface area contributed by atoms with Crippen LogP contribution in [0.3, 0.4) is 0 Å². The van der Waals surface area contributed by atoms with E-state index in [9.17, 15) is 13.2 Å². The highest BCUT2D eigenvalue weighted by molar-refractivity contribution is 7.92. The minimum atomic E-state index is -3.68. The van der Waals surface area contributed by atoms with Crippen LogP contribution in [0.5, 0.6) is 5.75 Å². The molecule has 0 atom stereocenters. The molecule has 112 valence electrons. The number of carboxylic acid groups (broad SMARTS) is 1. The molecule has 0 heterocycles. The Labute approximate surface area is 117 Å². The largest absolute Gasteiger partial charge is 0.497 e. The minimum absolute atomic E-state index is 0.0339. The third-order valence-electron chi connectivity index (χ3n) is 2.42. The van der Waals surface area contributed by atoms with E-state index in [1.807, 2.05) is 0 Å². The molecule has 8 heteroatoms. The van der Waals surface area contributed by atoms with Crippen LogP contribution in [0.15, 0.2) is 18.2 Å². The average molecular weight is 303 g/mol. The van der Waals surface area contributed by atoms with Crippen molar-refractivity contribution >= 4 is 21.7 Å². The van der Waals surface area contributed by atoms with Gasteiger partial charge in [-0.2, -0.15) is 0 Å². The Hall–Kier alpha value is -1.80. The number of hydrogen-bond donors (Lipinski definition) is 2. The first kappa shape index (κ1) is 16.3. The highest BCUT2D eigenvalue weighted by Crippen LogP contribution is 2.23. The third-order valence-corrected chi connectivity index (χ3v) is 3.66. The van der Waals surface area contributed by atoms with Crippen LogP contribution in [0, 0.1) is 0 Å². The molecule has 0 aliphatic heterocycles. The second-order valence-corrected chi connectivity index (χ2v) is 5.68. The van der Waals surface area contributed by atoms with E-state index >= 15 is 0 Å². The summed E-state index contributed by atoms with van der Waals surface area (Å²) >= 11 is 0. The number of carbonyl (C=O) groups is 1. The Balaban J connectivity index is 2.97. The van der Waals surface area contributed by atoms with Crippen LogP contribution in [0.2, 0.25) is 0 Å². The molecule has 20 heavy (non-hydrogen) atoms. The van der Waals surface area contributed by atoms with Crippen molar-refractivity contribution in [3.63, 3.8) is 0 Å². The van der Waals surface area contributed by atoms with E-state index in [2.05, 4.69) is 4.72 Å². The van der Waals surface area contributed by atoms with Gasteiger partial charge in [0.15, 0.2) is 0 Å². The molecule has 1 rings (SSSR count). The Morgan fingerprint density at radius 2 is 2.10 bits per heavy atom. The molecule has 0 saturated carbocycles. The van der Waals surface area contributed by atoms with Crippen LogP contribution in [0.25, 0.3) is 0 Å². The van der Waals surface area contributed by atoms with Gasteiger partial charge < -0.3 is 14.6 Å². The molecule has 0 aliphatic rings. The van der Waals surface area contributed by atoms with Crippen LogP contribution >= 0.6 is 0 Å². The van der Waals surface area contributed by atoms with E-state index < -0.39 is 16.0 Å². The summed E-state index contributed by atoms with van der Waals surface area (Å²) in [6.45, 7) is 2.21. The standard InChI is InChI=1S/C12H17NO6S/c1-3-19-6-7-20(16,17)13-11-8-9(18-2)4-5-10(11)12(14)15/h4-5,8,13H,3,6-7H2,1-2H3,(H,14,15). The first-order valence-corrected chi connectivity index (χ1v) is 7.54. The Bertz CT molecular complexity index is 569. The molecule has 0 amide bonds. The van der Waals surface area contributed by atoms with Gasteiger partial charge in [0.2, 0.25) is 10.0 Å². The van der Waals surface area contributed by atoms with Crippen LogP contribution in [0.1, 0.15) is 17.3 Å². The molecule has 1 aromatic rings. The lowest BCUT2D eigenvalue weighted by atomic mass is 10.2. The van der Waals surface area contributed by atoms with Crippen molar-refractivity contribution in [1.29, 1.82) is 0 Å². The maximum absolute atomic E-state index is 11.8. The number of hydrogen-bond acceptors (Lipinski definition) is 5. The molecular weight excluding hydrogens is 286 g/mol. The predicted molar refractivity (Wildman–Crippen MR) is 73.9 cm³/mol. The number of carboxylic acids is 1. The van der Waals surface area contributed by atoms with Gasteiger partial charge in [-0.1, -0.05) is 0 Å². The van der Waals surface area contributed by atoms with Crippen molar-refractivity contribution in [2.75, 3.05) is 30.8 Å². The van der Waals surface area contributed by atoms with Crippen molar-refractivity contribution in [2.45, 2.75) is 6.92 Å². The van der Waals surface area contributed by atoms with Gasteiger partial charge in [0, 0.05) is 12.7 Å². The van der Waals surface area contributed by atoms with Gasteiger partial charge in [0.25, 0.3) is 0 Å². The highest BCUT2D eigenvalue weighted by atomic mass is 32.2. The van der Waals surface area contributed by atoms with Crippen molar-refractivity contribution < 1.29 is 27.8 Å². The molecule has 7 nitrogen and oxygen atoms in total. The van der Waals surface area contributed by atoms with Gasteiger partial charge in [0.1, 0.15) is 5.75 Å². The van der Waals surface area contributed by atoms with Gasteiger partial charge in [-0.15, -0.1) is 0 Å². The maximum atomic E-state index is 11.8. The van der Waals surface area contributed by atoms with Crippen molar-refractivity contribution in [3.8, 4) is 5.75 Å². The van der Waals surface area contributed by atoms with Crippen molar-refractivity contribution in [2.24, 2.45) is 0 Å². The highest BCUT2D eigenvalue weighted by Gasteiger charge is 2.17. The van der Waals surface area contributed by atoms with Crippen LogP contribution in [-0.2, 0) is 14.8 Å². The predicted octanol–water partition coefficient (Wildman–Crippen LogP) is 1.17. The second-order valence-electron chi connectivity index (χ2n) is 3.83. The van der Waals surface area contributed by atoms with Crippen molar-refractivity contribution in [1.82, 2.24) is 0 Å². The quantitative estimate of drug-likeness (QED) is 0.699. The summed E-state index contributed by atoms with van der Waals surface area (Å²) in [5, 5.41) is 9.04. The summed E-state index contributed by atoms with van der Waals surface area (Å²) in [6.07, 6.45) is 0. The molecule has 0 bridgehead atoms. The van der Waals surface area contributed by atoms with E-state index in [0.29, 0.717) is 12.4 Å². The Morgan fingerprint density at radius 3 is 2.65 bits per heavy atom. The monoisotopic (exact) mass is 303 g/mol. The number of nitrogens with one attached hydrogen (secondary N) is 1. The van der Waals surface area contributed by atoms with Crippen LogP contribution in [-0.4, -0.2) is 45.6 Å². The molecule has 1 aromatic carbocycles. The van der Waals surface area contributed by atoms with E-state index in [1.165, 1.54) is 25.3 Å². The van der Waals surface area contributed by atoms with Gasteiger partial charge >= 0.3 is 5.97 Å². The Kier molecular flexibility index (Phi) is 5.78. The number of benzene rings is 1. The summed E-state index contributed by atoms with van der Waals surface area (Å²) in [7, 11) is -2.28. The van der Waals surface area contributed by atoms with Gasteiger partial charge in [-0.25, -0.2) is 13.2 Å². The zero-order valence-electron chi connectivity index (χ0n) is 11.3. The smallest absolute Gasteiger partial charge is 0.337 e. The van der Waals surface area contributed by atoms with Gasteiger partial charge in [-0.3, -0.25) is 4.72 Å². The first-order valence-electron chi connectivity index (χ1n) is 5.89. The molecule has 0 fully saturated rings. The number of aromatic carboxylic acids is 1. The van der Waals surface area contributed by atoms with E-state index in [0.717, 1.165) is 0 Å². The molecule has 0 spiro atoms. The first-order chi connectivity index (χ1) is 9.39. The third kappa shape index (κ3) is 4.71. The summed E-state index contributed by atoms with van der Waals surface area (Å²) < 4.78 is 35.8. The second kappa shape index (κ2) is 7.11. The number of anilines is 1. The fourth-order valence-electron chi connectivity index (χ4n) is 1.45. The van der Waals surface area contributed by atoms with E-state index in [-0.39, 0.29) is 23.6 Å². The lowest BCUT2D eigenvalue weighted by molar-refractivity contribution is 0.0698. The number of sulfonamides is 1. The van der Waals surface area contributed by atoms with Crippen LogP contribution in [0.4, 0.5) is 5.69 Å². The number of ether oxygens (including phenoxy) is 2. The van der Waals surface area contributed by atoms with Crippen molar-refractivity contribution in [3.05, 3.63) is 23.8 Å². The SMILES string of the molecule is CCOCCS(=O)(=O)Nc1cc(OC)ccc1C(=O)O. The summed E-state index contributed by atoms with van der Waals surface area (Å²) in [6, 6.07) is 4.05. The molecule has 2 N–H and O–H groups in total. The zero-order chi connectivity index (χ0) is 15.2. The van der Waals surface area contributed by atoms with Crippen LogP contribution < -0.4 is 9.46 Å². The maximum Gasteiger partial charge on any atom is 0.337 e. The molecular formula is C12H17NO6S. The topological polar surface area (TPSA) is 102 Å². The van der Waals surface area contributed by atoms with Gasteiger partial charge in [-0.05, 0) is 19.1 Å². The zero-order valence-corrected chi connectivity index (χ0v) is 12.1. The average Bonchev–Trinajstić information content (AvgIpc) is 2.37. The number of methoxy groups -OCH3 is 1. The lowest BCUT2D eigenvalue weighted by Gasteiger charge is -2.12. The molecule has 0 unspecified atom stereocenters. The summed E-state index contributed by atoms with van der Waals surface area (Å²) in [5.41, 5.74) is -0.181. The number of rotatable bonds is 8. The molecule has 0 radical (unpaired) electrons.